The van der Waals surface area contributed by atoms with Crippen LogP contribution in [0.3, 0.4) is 0 Å². The van der Waals surface area contributed by atoms with Gasteiger partial charge in [-0.25, -0.2) is 0 Å². The quantitative estimate of drug-likeness (QED) is 0.775. The van der Waals surface area contributed by atoms with E-state index in [1.807, 2.05) is 0 Å². The van der Waals surface area contributed by atoms with Gasteiger partial charge in [0.25, 0.3) is 0 Å². The van der Waals surface area contributed by atoms with Crippen molar-refractivity contribution in [1.82, 2.24) is 5.32 Å². The lowest BCUT2D eigenvalue weighted by Crippen LogP contribution is -2.25. The van der Waals surface area contributed by atoms with E-state index in [-0.39, 0.29) is 0 Å². The molecule has 1 aliphatic heterocycles. The van der Waals surface area contributed by atoms with Gasteiger partial charge in [-0.2, -0.15) is 0 Å². The van der Waals surface area contributed by atoms with Gasteiger partial charge in [0, 0.05) is 6.54 Å². The topological polar surface area (TPSA) is 12.0 Å². The SMILES string of the molecule is CC1CCCC(c2cccc3c2CCNC3)C1. The Morgan fingerprint density at radius 3 is 3.06 bits per heavy atom. The molecule has 1 saturated carbocycles. The Balaban J connectivity index is 1.91. The van der Waals surface area contributed by atoms with Crippen LogP contribution in [0, 0.1) is 5.92 Å². The molecule has 17 heavy (non-hydrogen) atoms. The van der Waals surface area contributed by atoms with Crippen molar-refractivity contribution in [3.8, 4) is 0 Å². The van der Waals surface area contributed by atoms with Crippen molar-refractivity contribution in [2.75, 3.05) is 6.54 Å². The zero-order valence-electron chi connectivity index (χ0n) is 10.8. The van der Waals surface area contributed by atoms with Gasteiger partial charge in [0.1, 0.15) is 0 Å². The van der Waals surface area contributed by atoms with Gasteiger partial charge in [0.2, 0.25) is 0 Å². The number of hydrogen-bond donors (Lipinski definition) is 1. The highest BCUT2D eigenvalue weighted by molar-refractivity contribution is 5.39. The van der Waals surface area contributed by atoms with Crippen LogP contribution in [-0.2, 0) is 13.0 Å². The number of benzene rings is 1. The summed E-state index contributed by atoms with van der Waals surface area (Å²) in [5, 5.41) is 3.48. The lowest BCUT2D eigenvalue weighted by molar-refractivity contribution is 0.342. The van der Waals surface area contributed by atoms with Crippen LogP contribution in [0.25, 0.3) is 0 Å². The molecule has 92 valence electrons. The molecule has 1 aromatic carbocycles. The first kappa shape index (κ1) is 11.3. The van der Waals surface area contributed by atoms with E-state index in [2.05, 4.69) is 30.4 Å². The zero-order chi connectivity index (χ0) is 11.7. The molecule has 1 aromatic rings. The second kappa shape index (κ2) is 4.81. The summed E-state index contributed by atoms with van der Waals surface area (Å²) in [5.74, 6) is 1.76. The van der Waals surface area contributed by atoms with Crippen LogP contribution in [0.5, 0.6) is 0 Å². The third-order valence-electron chi connectivity index (χ3n) is 4.55. The maximum absolute atomic E-state index is 3.48. The third-order valence-corrected chi connectivity index (χ3v) is 4.55. The van der Waals surface area contributed by atoms with Gasteiger partial charge in [-0.3, -0.25) is 0 Å². The first-order chi connectivity index (χ1) is 8.34. The minimum Gasteiger partial charge on any atom is -0.312 e. The fourth-order valence-corrected chi connectivity index (χ4v) is 3.66. The van der Waals surface area contributed by atoms with E-state index in [0.717, 1.165) is 24.9 Å². The summed E-state index contributed by atoms with van der Waals surface area (Å²) < 4.78 is 0. The lowest BCUT2D eigenvalue weighted by Gasteiger charge is -2.30. The van der Waals surface area contributed by atoms with Crippen LogP contribution in [0.4, 0.5) is 0 Å². The van der Waals surface area contributed by atoms with Crippen molar-refractivity contribution in [2.45, 2.75) is 51.5 Å². The molecule has 0 spiro atoms. The predicted molar refractivity (Wildman–Crippen MR) is 72.2 cm³/mol. The second-order valence-corrected chi connectivity index (χ2v) is 5.88. The standard InChI is InChI=1S/C16H23N/c1-12-4-2-5-13(10-12)15-7-3-6-14-11-17-9-8-16(14)15/h3,6-7,12-13,17H,2,4-5,8-11H2,1H3. The average Bonchev–Trinajstić information content (AvgIpc) is 2.38. The molecule has 0 bridgehead atoms. The molecule has 1 N–H and O–H groups in total. The average molecular weight is 229 g/mol. The van der Waals surface area contributed by atoms with E-state index in [9.17, 15) is 0 Å². The summed E-state index contributed by atoms with van der Waals surface area (Å²) in [5.41, 5.74) is 4.90. The molecule has 3 rings (SSSR count). The normalized spacial score (nSPS) is 28.8. The molecule has 1 heterocycles. The fourth-order valence-electron chi connectivity index (χ4n) is 3.66. The van der Waals surface area contributed by atoms with Crippen molar-refractivity contribution in [3.63, 3.8) is 0 Å². The van der Waals surface area contributed by atoms with Gasteiger partial charge in [0.05, 0.1) is 0 Å². The molecule has 1 heteroatoms. The largest absolute Gasteiger partial charge is 0.312 e. The molecular formula is C16H23N. The first-order valence-corrected chi connectivity index (χ1v) is 7.16. The van der Waals surface area contributed by atoms with Crippen LogP contribution in [0.2, 0.25) is 0 Å². The van der Waals surface area contributed by atoms with Crippen molar-refractivity contribution in [2.24, 2.45) is 5.92 Å². The Hall–Kier alpha value is -0.820. The van der Waals surface area contributed by atoms with Gasteiger partial charge < -0.3 is 5.32 Å². The first-order valence-electron chi connectivity index (χ1n) is 7.16. The molecule has 1 fully saturated rings. The molecule has 0 saturated heterocycles. The number of rotatable bonds is 1. The smallest absolute Gasteiger partial charge is 0.0208 e. The highest BCUT2D eigenvalue weighted by Crippen LogP contribution is 2.38. The van der Waals surface area contributed by atoms with Crippen LogP contribution in [0.15, 0.2) is 18.2 Å². The summed E-state index contributed by atoms with van der Waals surface area (Å²) in [6, 6.07) is 6.96. The minimum atomic E-state index is 0.840. The van der Waals surface area contributed by atoms with Gasteiger partial charge in [-0.15, -0.1) is 0 Å². The Morgan fingerprint density at radius 1 is 1.24 bits per heavy atom. The Bertz CT molecular complexity index is 397. The van der Waals surface area contributed by atoms with E-state index < -0.39 is 0 Å². The van der Waals surface area contributed by atoms with Gasteiger partial charge in [-0.05, 0) is 54.3 Å². The lowest BCUT2D eigenvalue weighted by atomic mass is 9.76. The van der Waals surface area contributed by atoms with Crippen molar-refractivity contribution < 1.29 is 0 Å². The second-order valence-electron chi connectivity index (χ2n) is 5.88. The highest BCUT2D eigenvalue weighted by Gasteiger charge is 2.24. The predicted octanol–water partition coefficient (Wildman–Crippen LogP) is 3.63. The van der Waals surface area contributed by atoms with Crippen LogP contribution < -0.4 is 5.32 Å². The zero-order valence-corrected chi connectivity index (χ0v) is 10.8. The summed E-state index contributed by atoms with van der Waals surface area (Å²) in [6.07, 6.45) is 6.91. The number of nitrogens with one attached hydrogen (secondary N) is 1. The summed E-state index contributed by atoms with van der Waals surface area (Å²) >= 11 is 0. The van der Waals surface area contributed by atoms with E-state index >= 15 is 0 Å². The molecule has 1 aliphatic carbocycles. The van der Waals surface area contributed by atoms with Gasteiger partial charge in [-0.1, -0.05) is 38.0 Å². The molecule has 0 amide bonds. The third kappa shape index (κ3) is 2.26. The van der Waals surface area contributed by atoms with Crippen LogP contribution in [-0.4, -0.2) is 6.54 Å². The molecular weight excluding hydrogens is 206 g/mol. The maximum Gasteiger partial charge on any atom is 0.0208 e. The molecule has 1 nitrogen and oxygen atoms in total. The molecule has 0 radical (unpaired) electrons. The van der Waals surface area contributed by atoms with E-state index in [1.54, 1.807) is 16.7 Å². The summed E-state index contributed by atoms with van der Waals surface area (Å²) in [6.45, 7) is 4.65. The summed E-state index contributed by atoms with van der Waals surface area (Å²) in [4.78, 5) is 0. The van der Waals surface area contributed by atoms with E-state index in [0.29, 0.717) is 0 Å². The fraction of sp³-hybridized carbons (Fsp3) is 0.625. The van der Waals surface area contributed by atoms with Crippen molar-refractivity contribution >= 4 is 0 Å². The van der Waals surface area contributed by atoms with E-state index in [4.69, 9.17) is 0 Å². The van der Waals surface area contributed by atoms with Crippen molar-refractivity contribution in [1.29, 1.82) is 0 Å². The molecule has 2 aliphatic rings. The molecule has 2 atom stereocenters. The van der Waals surface area contributed by atoms with Crippen LogP contribution in [0.1, 0.15) is 55.2 Å². The highest BCUT2D eigenvalue weighted by atomic mass is 14.9. The van der Waals surface area contributed by atoms with Gasteiger partial charge in [0.15, 0.2) is 0 Å². The maximum atomic E-state index is 3.48. The Labute approximate surface area is 105 Å². The van der Waals surface area contributed by atoms with E-state index in [1.165, 1.54) is 32.1 Å². The number of hydrogen-bond acceptors (Lipinski definition) is 1. The minimum absolute atomic E-state index is 0.840. The molecule has 0 aromatic heterocycles. The Morgan fingerprint density at radius 2 is 2.18 bits per heavy atom. The molecule has 2 unspecified atom stereocenters. The number of fused-ring (bicyclic) bond motifs is 1. The Kier molecular flexibility index (Phi) is 3.19. The van der Waals surface area contributed by atoms with Gasteiger partial charge >= 0.3 is 0 Å². The summed E-state index contributed by atoms with van der Waals surface area (Å²) in [7, 11) is 0. The monoisotopic (exact) mass is 229 g/mol. The van der Waals surface area contributed by atoms with Crippen LogP contribution >= 0.6 is 0 Å². The van der Waals surface area contributed by atoms with Crippen molar-refractivity contribution in [3.05, 3.63) is 34.9 Å².